The number of nitrogens with one attached hydrogen (secondary N) is 1. The van der Waals surface area contributed by atoms with Crippen LogP contribution in [-0.4, -0.2) is 19.6 Å². The van der Waals surface area contributed by atoms with E-state index in [0.717, 1.165) is 16.7 Å². The summed E-state index contributed by atoms with van der Waals surface area (Å²) >= 11 is 0. The molecule has 0 aliphatic heterocycles. The van der Waals surface area contributed by atoms with Crippen LogP contribution in [0.25, 0.3) is 0 Å². The Morgan fingerprint density at radius 1 is 0.897 bits per heavy atom. The lowest BCUT2D eigenvalue weighted by Gasteiger charge is -2.20. The van der Waals surface area contributed by atoms with E-state index in [-0.39, 0.29) is 18.1 Å². The molecule has 3 aromatic carbocycles. The Balaban J connectivity index is 1.82. The summed E-state index contributed by atoms with van der Waals surface area (Å²) in [6, 6.07) is 22.6. The van der Waals surface area contributed by atoms with Crippen molar-refractivity contribution in [3.05, 3.63) is 95.6 Å². The van der Waals surface area contributed by atoms with Gasteiger partial charge in [0.15, 0.2) is 0 Å². The lowest BCUT2D eigenvalue weighted by molar-refractivity contribution is -0.121. The highest BCUT2D eigenvalue weighted by molar-refractivity contribution is 5.80. The molecule has 0 aliphatic rings. The summed E-state index contributed by atoms with van der Waals surface area (Å²) in [5.41, 5.74) is 2.41. The average molecular weight is 397 g/mol. The van der Waals surface area contributed by atoms with Crippen LogP contribution in [0.1, 0.15) is 22.7 Å². The molecule has 1 atom stereocenters. The second-order valence-electron chi connectivity index (χ2n) is 6.35. The Bertz CT molecular complexity index is 930. The van der Waals surface area contributed by atoms with Gasteiger partial charge in [-0.25, -0.2) is 0 Å². The molecule has 0 bridgehead atoms. The van der Waals surface area contributed by atoms with Crippen LogP contribution in [-0.2, 0) is 11.2 Å². The number of hydrogen-bond acceptors (Lipinski definition) is 3. The zero-order valence-corrected chi connectivity index (χ0v) is 15.8. The van der Waals surface area contributed by atoms with Crippen molar-refractivity contribution in [3.63, 3.8) is 0 Å². The number of amides is 1. The van der Waals surface area contributed by atoms with Gasteiger partial charge in [-0.3, -0.25) is 4.79 Å². The van der Waals surface area contributed by atoms with Crippen molar-refractivity contribution in [1.82, 2.24) is 5.32 Å². The van der Waals surface area contributed by atoms with E-state index in [4.69, 9.17) is 4.74 Å². The molecule has 1 amide bonds. The molecule has 0 spiro atoms. The van der Waals surface area contributed by atoms with Crippen molar-refractivity contribution >= 4 is 5.91 Å². The number of carbonyl (C=O) groups excluding carboxylic acids is 1. The van der Waals surface area contributed by atoms with E-state index < -0.39 is 12.7 Å². The van der Waals surface area contributed by atoms with Crippen LogP contribution in [0.4, 0.5) is 8.78 Å². The Morgan fingerprint density at radius 3 is 2.17 bits per heavy atom. The summed E-state index contributed by atoms with van der Waals surface area (Å²) < 4.78 is 34.5. The third kappa shape index (κ3) is 5.54. The Kier molecular flexibility index (Phi) is 6.79. The third-order valence-corrected chi connectivity index (χ3v) is 4.42. The van der Waals surface area contributed by atoms with E-state index in [1.807, 2.05) is 48.5 Å². The lowest BCUT2D eigenvalue weighted by Crippen LogP contribution is -2.30. The molecular weight excluding hydrogens is 376 g/mol. The summed E-state index contributed by atoms with van der Waals surface area (Å²) in [6.07, 6.45) is 0.153. The molecule has 3 aromatic rings. The fourth-order valence-electron chi connectivity index (χ4n) is 3.08. The number of ether oxygens (including phenoxy) is 2. The average Bonchev–Trinajstić information content (AvgIpc) is 2.73. The molecule has 0 aliphatic carbocycles. The first kappa shape index (κ1) is 20.3. The molecular formula is C23H21F2NO3. The van der Waals surface area contributed by atoms with E-state index in [2.05, 4.69) is 10.1 Å². The molecule has 6 heteroatoms. The molecule has 4 nitrogen and oxygen atoms in total. The van der Waals surface area contributed by atoms with Gasteiger partial charge in [-0.15, -0.1) is 0 Å². The van der Waals surface area contributed by atoms with Crippen LogP contribution >= 0.6 is 0 Å². The second kappa shape index (κ2) is 9.68. The number of carbonyl (C=O) groups is 1. The highest BCUT2D eigenvalue weighted by atomic mass is 19.3. The number of alkyl halides is 2. The maximum Gasteiger partial charge on any atom is 0.387 e. The minimum absolute atomic E-state index is 0.0657. The smallest absolute Gasteiger partial charge is 0.387 e. The maximum atomic E-state index is 12.8. The lowest BCUT2D eigenvalue weighted by atomic mass is 9.98. The van der Waals surface area contributed by atoms with Crippen molar-refractivity contribution in [3.8, 4) is 11.5 Å². The Morgan fingerprint density at radius 2 is 1.52 bits per heavy atom. The van der Waals surface area contributed by atoms with Gasteiger partial charge in [0.25, 0.3) is 0 Å². The predicted octanol–water partition coefficient (Wildman–Crippen LogP) is 4.74. The minimum atomic E-state index is -2.88. The van der Waals surface area contributed by atoms with E-state index in [9.17, 15) is 13.6 Å². The molecule has 0 heterocycles. The zero-order valence-electron chi connectivity index (χ0n) is 15.8. The Hall–Kier alpha value is -3.41. The number of para-hydroxylation sites is 1. The van der Waals surface area contributed by atoms with Crippen molar-refractivity contribution in [2.24, 2.45) is 0 Å². The van der Waals surface area contributed by atoms with E-state index >= 15 is 0 Å². The standard InChI is InChI=1S/C23H21F2NO3/c1-28-20-10-6-5-9-18(20)15-21(27)26-22(16-7-3-2-4-8-16)17-11-13-19(14-12-17)29-23(24)25/h2-14,22-23H,15H2,1H3,(H,26,27). The highest BCUT2D eigenvalue weighted by Gasteiger charge is 2.18. The summed E-state index contributed by atoms with van der Waals surface area (Å²) in [5.74, 6) is 0.527. The molecule has 29 heavy (non-hydrogen) atoms. The molecule has 150 valence electrons. The van der Waals surface area contributed by atoms with Crippen molar-refractivity contribution < 1.29 is 23.0 Å². The molecule has 1 N–H and O–H groups in total. The van der Waals surface area contributed by atoms with Gasteiger partial charge < -0.3 is 14.8 Å². The monoisotopic (exact) mass is 397 g/mol. The van der Waals surface area contributed by atoms with Crippen LogP contribution in [0, 0.1) is 0 Å². The van der Waals surface area contributed by atoms with E-state index in [0.29, 0.717) is 5.75 Å². The van der Waals surface area contributed by atoms with Crippen LogP contribution < -0.4 is 14.8 Å². The van der Waals surface area contributed by atoms with Crippen molar-refractivity contribution in [1.29, 1.82) is 0 Å². The summed E-state index contributed by atoms with van der Waals surface area (Å²) in [4.78, 5) is 12.8. The molecule has 0 aromatic heterocycles. The molecule has 0 saturated carbocycles. The number of benzene rings is 3. The fraction of sp³-hybridized carbons (Fsp3) is 0.174. The largest absolute Gasteiger partial charge is 0.496 e. The van der Waals surface area contributed by atoms with E-state index in [1.165, 1.54) is 12.1 Å². The number of methoxy groups -OCH3 is 1. The molecule has 0 saturated heterocycles. The zero-order chi connectivity index (χ0) is 20.6. The maximum absolute atomic E-state index is 12.8. The molecule has 0 radical (unpaired) electrons. The first-order valence-electron chi connectivity index (χ1n) is 9.08. The number of hydrogen-bond donors (Lipinski definition) is 1. The van der Waals surface area contributed by atoms with Crippen molar-refractivity contribution in [2.45, 2.75) is 19.1 Å². The summed E-state index contributed by atoms with van der Waals surface area (Å²) in [6.45, 7) is -2.88. The number of halogens is 2. The van der Waals surface area contributed by atoms with Gasteiger partial charge in [0, 0.05) is 5.56 Å². The fourth-order valence-corrected chi connectivity index (χ4v) is 3.08. The first-order valence-corrected chi connectivity index (χ1v) is 9.08. The summed E-state index contributed by atoms with van der Waals surface area (Å²) in [5, 5.41) is 3.03. The van der Waals surface area contributed by atoms with Gasteiger partial charge in [0.2, 0.25) is 5.91 Å². The summed E-state index contributed by atoms with van der Waals surface area (Å²) in [7, 11) is 1.56. The second-order valence-corrected chi connectivity index (χ2v) is 6.35. The molecule has 1 unspecified atom stereocenters. The van der Waals surface area contributed by atoms with E-state index in [1.54, 1.807) is 25.3 Å². The van der Waals surface area contributed by atoms with Crippen LogP contribution in [0.15, 0.2) is 78.9 Å². The van der Waals surface area contributed by atoms with Crippen LogP contribution in [0.5, 0.6) is 11.5 Å². The predicted molar refractivity (Wildman–Crippen MR) is 106 cm³/mol. The molecule has 3 rings (SSSR count). The first-order chi connectivity index (χ1) is 14.1. The topological polar surface area (TPSA) is 47.6 Å². The quantitative estimate of drug-likeness (QED) is 0.597. The Labute approximate surface area is 168 Å². The van der Waals surface area contributed by atoms with Gasteiger partial charge in [0.1, 0.15) is 11.5 Å². The van der Waals surface area contributed by atoms with Gasteiger partial charge in [0.05, 0.1) is 19.6 Å². The van der Waals surface area contributed by atoms with Crippen molar-refractivity contribution in [2.75, 3.05) is 7.11 Å². The van der Waals surface area contributed by atoms with Gasteiger partial charge >= 0.3 is 6.61 Å². The van der Waals surface area contributed by atoms with Gasteiger partial charge in [-0.1, -0.05) is 60.7 Å². The highest BCUT2D eigenvalue weighted by Crippen LogP contribution is 2.25. The van der Waals surface area contributed by atoms with Crippen LogP contribution in [0.2, 0.25) is 0 Å². The normalized spacial score (nSPS) is 11.7. The number of rotatable bonds is 8. The van der Waals surface area contributed by atoms with Gasteiger partial charge in [-0.2, -0.15) is 8.78 Å². The minimum Gasteiger partial charge on any atom is -0.496 e. The third-order valence-electron chi connectivity index (χ3n) is 4.42. The van der Waals surface area contributed by atoms with Gasteiger partial charge in [-0.05, 0) is 29.3 Å². The SMILES string of the molecule is COc1ccccc1CC(=O)NC(c1ccccc1)c1ccc(OC(F)F)cc1. The van der Waals surface area contributed by atoms with Crippen LogP contribution in [0.3, 0.4) is 0 Å². The molecule has 0 fully saturated rings.